The van der Waals surface area contributed by atoms with Crippen LogP contribution in [0.15, 0.2) is 0 Å². The fraction of sp³-hybridized carbons (Fsp3) is 1.00. The van der Waals surface area contributed by atoms with Gasteiger partial charge in [0.05, 0.1) is 23.9 Å². The third kappa shape index (κ3) is 0.286. The van der Waals surface area contributed by atoms with Crippen molar-refractivity contribution < 1.29 is 9.84 Å². The molecule has 9 heavy (non-hydrogen) atoms. The molecule has 0 aromatic heterocycles. The third-order valence-electron chi connectivity index (χ3n) is 2.99. The second-order valence-corrected chi connectivity index (χ2v) is 3.43. The first-order valence-corrected chi connectivity index (χ1v) is 3.36. The molecule has 1 unspecified atom stereocenters. The summed E-state index contributed by atoms with van der Waals surface area (Å²) in [6.07, 6.45) is 0.909. The Morgan fingerprint density at radius 3 is 2.56 bits per heavy atom. The maximum Gasteiger partial charge on any atom is 0.0874 e. The molecule has 0 amide bonds. The molecule has 2 heterocycles. The Labute approximate surface area is 52.8 Å². The zero-order chi connectivity index (χ0) is 6.22. The first-order valence-electron chi connectivity index (χ1n) is 3.36. The Hall–Kier alpha value is -0.120. The van der Waals surface area contributed by atoms with Gasteiger partial charge in [-0.3, -0.25) is 0 Å². The molecule has 4 aliphatic rings. The Morgan fingerprint density at radius 2 is 2.44 bits per heavy atom. The van der Waals surface area contributed by atoms with Crippen molar-refractivity contribution in [3.05, 3.63) is 0 Å². The summed E-state index contributed by atoms with van der Waals surface area (Å²) >= 11 is 0. The Morgan fingerprint density at radius 1 is 1.67 bits per heavy atom. The van der Waals surface area contributed by atoms with Gasteiger partial charge in [0.25, 0.3) is 0 Å². The standard InChI is InChI=1S/C6H9NO2/c7-6-1-2-4(8)3(6)5(6)9-2/h2-5,8H,1,7H2/t2-,3?,4-,5-,6-/m1/s1. The molecule has 4 fully saturated rings. The number of aliphatic hydroxyl groups is 1. The lowest BCUT2D eigenvalue weighted by atomic mass is 10.2. The largest absolute Gasteiger partial charge is 0.390 e. The number of hydrogen-bond donors (Lipinski definition) is 2. The van der Waals surface area contributed by atoms with Crippen LogP contribution in [-0.2, 0) is 4.74 Å². The highest BCUT2D eigenvalue weighted by atomic mass is 16.5. The zero-order valence-corrected chi connectivity index (χ0v) is 4.95. The maximum atomic E-state index is 9.31. The van der Waals surface area contributed by atoms with Crippen LogP contribution in [0.3, 0.4) is 0 Å². The number of ether oxygens (including phenoxy) is 1. The topological polar surface area (TPSA) is 55.5 Å². The molecule has 2 saturated heterocycles. The van der Waals surface area contributed by atoms with Crippen molar-refractivity contribution in [2.24, 2.45) is 11.7 Å². The van der Waals surface area contributed by atoms with Crippen LogP contribution in [0.2, 0.25) is 0 Å². The Balaban J connectivity index is 2.10. The van der Waals surface area contributed by atoms with E-state index in [-0.39, 0.29) is 29.8 Å². The molecule has 2 aliphatic heterocycles. The molecule has 2 saturated carbocycles. The summed E-state index contributed by atoms with van der Waals surface area (Å²) in [6, 6.07) is 0. The van der Waals surface area contributed by atoms with Gasteiger partial charge in [-0.05, 0) is 6.42 Å². The summed E-state index contributed by atoms with van der Waals surface area (Å²) in [7, 11) is 0. The highest BCUT2D eigenvalue weighted by Gasteiger charge is 2.79. The van der Waals surface area contributed by atoms with Crippen LogP contribution in [0.25, 0.3) is 0 Å². The van der Waals surface area contributed by atoms with Gasteiger partial charge in [-0.15, -0.1) is 0 Å². The second-order valence-electron chi connectivity index (χ2n) is 3.43. The summed E-state index contributed by atoms with van der Waals surface area (Å²) in [4.78, 5) is 0. The number of nitrogens with two attached hydrogens (primary N) is 1. The molecular formula is C6H9NO2. The van der Waals surface area contributed by atoms with E-state index < -0.39 is 0 Å². The van der Waals surface area contributed by atoms with E-state index in [1.165, 1.54) is 0 Å². The van der Waals surface area contributed by atoms with E-state index in [4.69, 9.17) is 10.5 Å². The zero-order valence-electron chi connectivity index (χ0n) is 4.95. The summed E-state index contributed by atoms with van der Waals surface area (Å²) < 4.78 is 5.35. The maximum absolute atomic E-state index is 9.31. The van der Waals surface area contributed by atoms with E-state index in [2.05, 4.69) is 0 Å². The molecule has 3 heteroatoms. The Kier molecular flexibility index (Phi) is 0.488. The first kappa shape index (κ1) is 4.66. The fourth-order valence-electron chi connectivity index (χ4n) is 2.43. The van der Waals surface area contributed by atoms with Crippen LogP contribution in [0, 0.1) is 5.92 Å². The van der Waals surface area contributed by atoms with Crippen LogP contribution in [0.1, 0.15) is 6.42 Å². The van der Waals surface area contributed by atoms with Crippen molar-refractivity contribution >= 4 is 0 Å². The van der Waals surface area contributed by atoms with Gasteiger partial charge in [0, 0.05) is 5.92 Å². The van der Waals surface area contributed by atoms with E-state index in [9.17, 15) is 5.11 Å². The van der Waals surface area contributed by atoms with Crippen LogP contribution < -0.4 is 5.73 Å². The molecule has 0 spiro atoms. The van der Waals surface area contributed by atoms with E-state index in [0.29, 0.717) is 0 Å². The van der Waals surface area contributed by atoms with Crippen molar-refractivity contribution in [2.45, 2.75) is 30.3 Å². The Bertz CT molecular complexity index is 182. The SMILES string of the molecule is N[C@@]12C[C@H]3O[C@@H]1C2[C@@H]3O. The molecule has 0 radical (unpaired) electrons. The molecule has 4 bridgehead atoms. The summed E-state index contributed by atoms with van der Waals surface area (Å²) in [5, 5.41) is 9.31. The minimum atomic E-state index is -0.250. The average Bonchev–Trinajstić information content (AvgIpc) is 2.21. The first-order chi connectivity index (χ1) is 4.23. The van der Waals surface area contributed by atoms with E-state index in [1.807, 2.05) is 0 Å². The molecule has 4 rings (SSSR count). The van der Waals surface area contributed by atoms with Crippen molar-refractivity contribution in [2.75, 3.05) is 0 Å². The van der Waals surface area contributed by atoms with E-state index in [0.717, 1.165) is 6.42 Å². The van der Waals surface area contributed by atoms with Crippen molar-refractivity contribution in [1.29, 1.82) is 0 Å². The number of hydrogen-bond acceptors (Lipinski definition) is 3. The fourth-order valence-corrected chi connectivity index (χ4v) is 2.43. The number of rotatable bonds is 0. The van der Waals surface area contributed by atoms with Gasteiger partial charge in [-0.1, -0.05) is 0 Å². The monoisotopic (exact) mass is 127 g/mol. The molecule has 50 valence electrons. The van der Waals surface area contributed by atoms with Crippen molar-refractivity contribution in [1.82, 2.24) is 0 Å². The second kappa shape index (κ2) is 0.944. The van der Waals surface area contributed by atoms with Gasteiger partial charge < -0.3 is 15.6 Å². The van der Waals surface area contributed by atoms with E-state index in [1.54, 1.807) is 0 Å². The number of aliphatic hydroxyl groups excluding tert-OH is 1. The lowest BCUT2D eigenvalue weighted by Gasteiger charge is -2.02. The third-order valence-corrected chi connectivity index (χ3v) is 2.99. The molecule has 3 nitrogen and oxygen atoms in total. The molecule has 3 N–H and O–H groups in total. The predicted octanol–water partition coefficient (Wildman–Crippen LogP) is -1.15. The molecule has 2 aliphatic carbocycles. The van der Waals surface area contributed by atoms with E-state index >= 15 is 0 Å². The van der Waals surface area contributed by atoms with Crippen LogP contribution in [0.5, 0.6) is 0 Å². The minimum absolute atomic E-state index is 0.0741. The van der Waals surface area contributed by atoms with Gasteiger partial charge in [-0.2, -0.15) is 0 Å². The van der Waals surface area contributed by atoms with Crippen molar-refractivity contribution in [3.63, 3.8) is 0 Å². The summed E-state index contributed by atoms with van der Waals surface area (Å²) in [5.41, 5.74) is 5.74. The lowest BCUT2D eigenvalue weighted by molar-refractivity contribution is 0.0466. The van der Waals surface area contributed by atoms with Crippen molar-refractivity contribution in [3.8, 4) is 0 Å². The molecule has 0 aromatic carbocycles. The van der Waals surface area contributed by atoms with Gasteiger partial charge >= 0.3 is 0 Å². The molecule has 0 aromatic rings. The quantitative estimate of drug-likeness (QED) is 0.432. The predicted molar refractivity (Wildman–Crippen MR) is 29.7 cm³/mol. The minimum Gasteiger partial charge on any atom is -0.390 e. The van der Waals surface area contributed by atoms with Crippen LogP contribution in [0.4, 0.5) is 0 Å². The van der Waals surface area contributed by atoms with Gasteiger partial charge in [0.1, 0.15) is 0 Å². The summed E-state index contributed by atoms with van der Waals surface area (Å²) in [6.45, 7) is 0. The smallest absolute Gasteiger partial charge is 0.0874 e. The normalized spacial score (nSPS) is 75.3. The molecular weight excluding hydrogens is 118 g/mol. The van der Waals surface area contributed by atoms with Crippen LogP contribution in [-0.4, -0.2) is 29.0 Å². The highest BCUT2D eigenvalue weighted by molar-refractivity contribution is 5.32. The van der Waals surface area contributed by atoms with Gasteiger partial charge in [-0.25, -0.2) is 0 Å². The average molecular weight is 127 g/mol. The van der Waals surface area contributed by atoms with Crippen LogP contribution >= 0.6 is 0 Å². The molecule has 5 atom stereocenters. The highest BCUT2D eigenvalue weighted by Crippen LogP contribution is 2.63. The summed E-state index contributed by atoms with van der Waals surface area (Å²) in [5.74, 6) is 0.280. The van der Waals surface area contributed by atoms with Gasteiger partial charge in [0.2, 0.25) is 0 Å². The van der Waals surface area contributed by atoms with Gasteiger partial charge in [0.15, 0.2) is 0 Å². The lowest BCUT2D eigenvalue weighted by Crippen LogP contribution is -2.23.